The Morgan fingerprint density at radius 2 is 1.82 bits per heavy atom. The average Bonchev–Trinajstić information content (AvgIpc) is 2.53. The molecule has 114 valence electrons. The number of benzene rings is 2. The molecule has 0 saturated carbocycles. The molecule has 0 bridgehead atoms. The molecule has 0 unspecified atom stereocenters. The molecule has 0 aliphatic rings. The van der Waals surface area contributed by atoms with Gasteiger partial charge in [0, 0.05) is 24.4 Å². The third-order valence-electron chi connectivity index (χ3n) is 2.98. The minimum atomic E-state index is -0.809. The minimum Gasteiger partial charge on any atom is -0.387 e. The van der Waals surface area contributed by atoms with Crippen molar-refractivity contribution in [2.24, 2.45) is 0 Å². The highest BCUT2D eigenvalue weighted by Gasteiger charge is 2.11. The Labute approximate surface area is 132 Å². The molecule has 1 atom stereocenters. The number of hydrogen-bond donors (Lipinski definition) is 3. The van der Waals surface area contributed by atoms with E-state index in [1.807, 2.05) is 30.3 Å². The topological polar surface area (TPSA) is 87.4 Å². The zero-order chi connectivity index (χ0) is 15.9. The largest absolute Gasteiger partial charge is 0.387 e. The number of rotatable bonds is 5. The quantitative estimate of drug-likeness (QED) is 0.446. The van der Waals surface area contributed by atoms with E-state index in [-0.39, 0.29) is 12.2 Å². The summed E-state index contributed by atoms with van der Waals surface area (Å²) in [5.74, 6) is 0. The standard InChI is InChI=1S/C15H15N3O3S/c19-14(11-6-8-13(9-7-11)18(20)21)10-16-15(22)17-12-4-2-1-3-5-12/h1-9,14,19H,10H2,(H2,16,17,22)/t14-/m1/s1. The summed E-state index contributed by atoms with van der Waals surface area (Å²) < 4.78 is 0. The van der Waals surface area contributed by atoms with Gasteiger partial charge in [-0.3, -0.25) is 10.1 Å². The highest BCUT2D eigenvalue weighted by atomic mass is 32.1. The molecule has 6 nitrogen and oxygen atoms in total. The van der Waals surface area contributed by atoms with Crippen LogP contribution in [0.2, 0.25) is 0 Å². The molecule has 0 radical (unpaired) electrons. The molecule has 0 saturated heterocycles. The molecule has 0 fully saturated rings. The lowest BCUT2D eigenvalue weighted by molar-refractivity contribution is -0.384. The van der Waals surface area contributed by atoms with Crippen molar-refractivity contribution in [3.63, 3.8) is 0 Å². The third-order valence-corrected chi connectivity index (χ3v) is 3.22. The molecular formula is C15H15N3O3S. The molecule has 0 aliphatic heterocycles. The van der Waals surface area contributed by atoms with Crippen molar-refractivity contribution in [1.29, 1.82) is 0 Å². The number of para-hydroxylation sites is 1. The Morgan fingerprint density at radius 1 is 1.18 bits per heavy atom. The molecule has 0 aliphatic carbocycles. The van der Waals surface area contributed by atoms with Crippen LogP contribution in [0.15, 0.2) is 54.6 Å². The maximum Gasteiger partial charge on any atom is 0.269 e. The number of non-ortho nitro benzene ring substituents is 1. The number of nitrogens with zero attached hydrogens (tertiary/aromatic N) is 1. The van der Waals surface area contributed by atoms with Gasteiger partial charge in [-0.1, -0.05) is 18.2 Å². The van der Waals surface area contributed by atoms with Crippen molar-refractivity contribution in [3.05, 3.63) is 70.3 Å². The van der Waals surface area contributed by atoms with Crippen molar-refractivity contribution >= 4 is 28.7 Å². The highest BCUT2D eigenvalue weighted by Crippen LogP contribution is 2.17. The molecule has 0 spiro atoms. The molecule has 0 aromatic heterocycles. The summed E-state index contributed by atoms with van der Waals surface area (Å²) in [6, 6.07) is 15.2. The van der Waals surface area contributed by atoms with Crippen LogP contribution in [0.25, 0.3) is 0 Å². The monoisotopic (exact) mass is 317 g/mol. The van der Waals surface area contributed by atoms with Gasteiger partial charge in [-0.2, -0.15) is 0 Å². The van der Waals surface area contributed by atoms with Crippen LogP contribution < -0.4 is 10.6 Å². The predicted octanol–water partition coefficient (Wildman–Crippen LogP) is 2.61. The lowest BCUT2D eigenvalue weighted by atomic mass is 10.1. The van der Waals surface area contributed by atoms with E-state index in [9.17, 15) is 15.2 Å². The summed E-state index contributed by atoms with van der Waals surface area (Å²) in [5, 5.41) is 26.9. The Balaban J connectivity index is 1.85. The zero-order valence-electron chi connectivity index (χ0n) is 11.6. The van der Waals surface area contributed by atoms with Crippen LogP contribution in [-0.4, -0.2) is 21.7 Å². The van der Waals surface area contributed by atoms with Crippen molar-refractivity contribution in [2.75, 3.05) is 11.9 Å². The molecule has 7 heteroatoms. The Morgan fingerprint density at radius 3 is 2.41 bits per heavy atom. The second-order valence-corrected chi connectivity index (χ2v) is 4.97. The van der Waals surface area contributed by atoms with Gasteiger partial charge < -0.3 is 15.7 Å². The summed E-state index contributed by atoms with van der Waals surface area (Å²) in [6.07, 6.45) is -0.809. The number of nitro groups is 1. The van der Waals surface area contributed by atoms with E-state index in [1.165, 1.54) is 24.3 Å². The molecule has 22 heavy (non-hydrogen) atoms. The van der Waals surface area contributed by atoms with Gasteiger partial charge >= 0.3 is 0 Å². The van der Waals surface area contributed by atoms with E-state index >= 15 is 0 Å². The summed E-state index contributed by atoms with van der Waals surface area (Å²) in [4.78, 5) is 10.1. The predicted molar refractivity (Wildman–Crippen MR) is 88.7 cm³/mol. The molecule has 0 heterocycles. The fraction of sp³-hybridized carbons (Fsp3) is 0.133. The van der Waals surface area contributed by atoms with E-state index in [0.29, 0.717) is 10.7 Å². The van der Waals surface area contributed by atoms with E-state index in [1.54, 1.807) is 0 Å². The Bertz CT molecular complexity index is 647. The second kappa shape index (κ2) is 7.48. The van der Waals surface area contributed by atoms with Gasteiger partial charge in [0.15, 0.2) is 5.11 Å². The SMILES string of the molecule is O=[N+]([O-])c1ccc([C@H](O)CNC(=S)Nc2ccccc2)cc1. The zero-order valence-corrected chi connectivity index (χ0v) is 12.4. The van der Waals surface area contributed by atoms with Gasteiger partial charge in [0.25, 0.3) is 5.69 Å². The van der Waals surface area contributed by atoms with Crippen LogP contribution in [-0.2, 0) is 0 Å². The molecule has 2 aromatic rings. The first-order valence-electron chi connectivity index (χ1n) is 6.58. The molecular weight excluding hydrogens is 302 g/mol. The second-order valence-electron chi connectivity index (χ2n) is 4.57. The Kier molecular flexibility index (Phi) is 5.40. The number of nitrogens with one attached hydrogen (secondary N) is 2. The van der Waals surface area contributed by atoms with E-state index < -0.39 is 11.0 Å². The number of aliphatic hydroxyl groups excluding tert-OH is 1. The summed E-state index contributed by atoms with van der Waals surface area (Å²) >= 11 is 5.14. The van der Waals surface area contributed by atoms with Crippen molar-refractivity contribution in [3.8, 4) is 0 Å². The average molecular weight is 317 g/mol. The van der Waals surface area contributed by atoms with Crippen molar-refractivity contribution < 1.29 is 10.0 Å². The first-order valence-corrected chi connectivity index (χ1v) is 6.99. The van der Waals surface area contributed by atoms with Crippen LogP contribution in [0.1, 0.15) is 11.7 Å². The number of nitro benzene ring substituents is 1. The summed E-state index contributed by atoms with van der Waals surface area (Å²) in [5.41, 5.74) is 1.43. The van der Waals surface area contributed by atoms with Crippen LogP contribution in [0, 0.1) is 10.1 Å². The molecule has 2 rings (SSSR count). The van der Waals surface area contributed by atoms with Gasteiger partial charge in [-0.15, -0.1) is 0 Å². The van der Waals surface area contributed by atoms with Gasteiger partial charge in [-0.05, 0) is 42.0 Å². The fourth-order valence-corrected chi connectivity index (χ4v) is 2.02. The van der Waals surface area contributed by atoms with E-state index in [4.69, 9.17) is 12.2 Å². The van der Waals surface area contributed by atoms with Crippen LogP contribution in [0.5, 0.6) is 0 Å². The van der Waals surface area contributed by atoms with E-state index in [0.717, 1.165) is 5.69 Å². The number of hydrogen-bond acceptors (Lipinski definition) is 4. The molecule has 3 N–H and O–H groups in total. The lowest BCUT2D eigenvalue weighted by Gasteiger charge is -2.14. The first-order chi connectivity index (χ1) is 10.6. The first kappa shape index (κ1) is 15.9. The van der Waals surface area contributed by atoms with Gasteiger partial charge in [0.1, 0.15) is 0 Å². The molecule has 0 amide bonds. The number of anilines is 1. The summed E-state index contributed by atoms with van der Waals surface area (Å²) in [7, 11) is 0. The third kappa shape index (κ3) is 4.51. The smallest absolute Gasteiger partial charge is 0.269 e. The van der Waals surface area contributed by atoms with Gasteiger partial charge in [0.05, 0.1) is 11.0 Å². The number of aliphatic hydroxyl groups is 1. The Hall–Kier alpha value is -2.51. The highest BCUT2D eigenvalue weighted by molar-refractivity contribution is 7.80. The molecule has 2 aromatic carbocycles. The van der Waals surface area contributed by atoms with Gasteiger partial charge in [0.2, 0.25) is 0 Å². The summed E-state index contributed by atoms with van der Waals surface area (Å²) in [6.45, 7) is 0.205. The minimum absolute atomic E-state index is 0.00910. The van der Waals surface area contributed by atoms with Crippen LogP contribution in [0.4, 0.5) is 11.4 Å². The normalized spacial score (nSPS) is 11.5. The van der Waals surface area contributed by atoms with Crippen LogP contribution in [0.3, 0.4) is 0 Å². The fourth-order valence-electron chi connectivity index (χ4n) is 1.82. The van der Waals surface area contributed by atoms with Crippen molar-refractivity contribution in [1.82, 2.24) is 5.32 Å². The van der Waals surface area contributed by atoms with Gasteiger partial charge in [-0.25, -0.2) is 0 Å². The lowest BCUT2D eigenvalue weighted by Crippen LogP contribution is -2.32. The van der Waals surface area contributed by atoms with Crippen LogP contribution >= 0.6 is 12.2 Å². The maximum atomic E-state index is 10.6. The number of thiocarbonyl (C=S) groups is 1. The maximum absolute atomic E-state index is 10.6. The van der Waals surface area contributed by atoms with E-state index in [2.05, 4.69) is 10.6 Å². The van der Waals surface area contributed by atoms with Crippen molar-refractivity contribution in [2.45, 2.75) is 6.10 Å².